The van der Waals surface area contributed by atoms with Gasteiger partial charge < -0.3 is 15.2 Å². The van der Waals surface area contributed by atoms with Crippen molar-refractivity contribution >= 4 is 69.0 Å². The molecule has 0 radical (unpaired) electrons. The molecule has 0 heterocycles. The fourth-order valence-corrected chi connectivity index (χ4v) is 1.79. The molecule has 2 aromatic carbocycles. The van der Waals surface area contributed by atoms with Crippen molar-refractivity contribution in [2.45, 2.75) is 6.61 Å². The summed E-state index contributed by atoms with van der Waals surface area (Å²) in [7, 11) is 0. The zero-order valence-corrected chi connectivity index (χ0v) is 11.3. The van der Waals surface area contributed by atoms with Gasteiger partial charge >= 0.3 is 63.3 Å². The number of hydrogen-bond acceptors (Lipinski definition) is 4. The molecule has 2 aromatic rings. The predicted octanol–water partition coefficient (Wildman–Crippen LogP) is 1.89. The van der Waals surface area contributed by atoms with Crippen LogP contribution in [0, 0.1) is 0 Å². The topological polar surface area (TPSA) is 75.6 Å². The van der Waals surface area contributed by atoms with Gasteiger partial charge in [-0.3, -0.25) is 4.79 Å². The predicted molar refractivity (Wildman–Crippen MR) is 85.3 cm³/mol. The summed E-state index contributed by atoms with van der Waals surface area (Å²) >= 11 is 0. The second-order valence-corrected chi connectivity index (χ2v) is 4.35. The first-order valence-electron chi connectivity index (χ1n) is 6.42. The number of hydrogen-bond donors (Lipinski definition) is 2. The Balaban J connectivity index is 0.00000242. The fraction of sp³-hybridized carbons (Fsp3) is 0.125. The van der Waals surface area contributed by atoms with E-state index in [0.717, 1.165) is 5.56 Å². The van der Waals surface area contributed by atoms with E-state index in [1.807, 2.05) is 30.3 Å². The van der Waals surface area contributed by atoms with Crippen LogP contribution in [0.4, 0.5) is 5.69 Å². The number of aliphatic carboxylic acids is 1. The van der Waals surface area contributed by atoms with E-state index in [1.165, 1.54) is 0 Å². The molecule has 0 aliphatic carbocycles. The molecule has 0 atom stereocenters. The van der Waals surface area contributed by atoms with E-state index in [2.05, 4.69) is 5.32 Å². The van der Waals surface area contributed by atoms with Crippen LogP contribution < -0.4 is 5.32 Å². The molecule has 0 aromatic heterocycles. The minimum absolute atomic E-state index is 0. The van der Waals surface area contributed by atoms with Crippen LogP contribution in [0.3, 0.4) is 0 Å². The first kappa shape index (κ1) is 18.9. The van der Waals surface area contributed by atoms with Gasteiger partial charge in [-0.1, -0.05) is 42.5 Å². The first-order valence-corrected chi connectivity index (χ1v) is 6.42. The van der Waals surface area contributed by atoms with E-state index in [4.69, 9.17) is 9.84 Å². The van der Waals surface area contributed by atoms with Crippen LogP contribution in [0.15, 0.2) is 54.6 Å². The Morgan fingerprint density at radius 2 is 1.64 bits per heavy atom. The molecule has 0 saturated carbocycles. The summed E-state index contributed by atoms with van der Waals surface area (Å²) in [5.74, 6) is -1.49. The average molecular weight is 325 g/mol. The van der Waals surface area contributed by atoms with Crippen LogP contribution in [0.1, 0.15) is 15.9 Å². The van der Waals surface area contributed by atoms with E-state index in [0.29, 0.717) is 11.3 Å². The van der Waals surface area contributed by atoms with Gasteiger partial charge in [0.15, 0.2) is 0 Å². The summed E-state index contributed by atoms with van der Waals surface area (Å²) in [4.78, 5) is 22.7. The molecule has 22 heavy (non-hydrogen) atoms. The van der Waals surface area contributed by atoms with Crippen molar-refractivity contribution in [3.8, 4) is 0 Å². The van der Waals surface area contributed by atoms with Gasteiger partial charge in [0.1, 0.15) is 13.2 Å². The van der Waals surface area contributed by atoms with Crippen LogP contribution in [-0.2, 0) is 16.1 Å². The minimum atomic E-state index is -0.998. The Hall–Kier alpha value is -1.18. The Kier molecular flexibility index (Phi) is 8.37. The molecule has 0 bridgehead atoms. The van der Waals surface area contributed by atoms with Gasteiger partial charge in [0.05, 0.1) is 5.56 Å². The van der Waals surface area contributed by atoms with Gasteiger partial charge in [-0.25, -0.2) is 4.79 Å². The zero-order valence-electron chi connectivity index (χ0n) is 11.3. The number of carboxylic acids is 1. The zero-order chi connectivity index (χ0) is 15.1. The van der Waals surface area contributed by atoms with Crippen LogP contribution in [-0.4, -0.2) is 75.0 Å². The number of carboxylic acid groups (broad SMARTS) is 1. The second kappa shape index (κ2) is 9.76. The Morgan fingerprint density at radius 3 is 2.32 bits per heavy atom. The molecule has 0 spiro atoms. The molecule has 0 aliphatic rings. The molecule has 6 heteroatoms. The monoisotopic (exact) mass is 325 g/mol. The van der Waals surface area contributed by atoms with Crippen LogP contribution in [0.5, 0.6) is 0 Å². The van der Waals surface area contributed by atoms with E-state index >= 15 is 0 Å². The summed E-state index contributed by atoms with van der Waals surface area (Å²) in [5, 5.41) is 11.4. The number of ether oxygens (including phenoxy) is 1. The van der Waals surface area contributed by atoms with Crippen molar-refractivity contribution in [3.63, 3.8) is 0 Å². The van der Waals surface area contributed by atoms with Gasteiger partial charge in [0, 0.05) is 5.69 Å². The van der Waals surface area contributed by atoms with E-state index in [1.54, 1.807) is 24.3 Å². The molecular weight excluding hydrogens is 309 g/mol. The normalized spacial score (nSPS) is 9.45. The quantitative estimate of drug-likeness (QED) is 0.627. The third-order valence-electron chi connectivity index (χ3n) is 2.79. The summed E-state index contributed by atoms with van der Waals surface area (Å²) in [6, 6.07) is 16.0. The molecule has 0 saturated heterocycles. The summed E-state index contributed by atoms with van der Waals surface area (Å²) < 4.78 is 5.24. The number of nitrogens with one attached hydrogen (secondary N) is 1. The van der Waals surface area contributed by atoms with Crippen molar-refractivity contribution in [1.29, 1.82) is 0 Å². The van der Waals surface area contributed by atoms with E-state index in [-0.39, 0.29) is 64.5 Å². The second-order valence-electron chi connectivity index (χ2n) is 4.35. The molecule has 5 nitrogen and oxygen atoms in total. The standard InChI is InChI=1S/C16H15NO4.K.H/c18-15(19)10-17-14-9-5-4-8-13(14)16(20)21-11-12-6-2-1-3-7-12;;/h1-9,17H,10-11H2,(H,18,19);;. The number of esters is 1. The van der Waals surface area contributed by atoms with Crippen molar-refractivity contribution < 1.29 is 19.4 Å². The van der Waals surface area contributed by atoms with E-state index in [9.17, 15) is 9.59 Å². The molecule has 110 valence electrons. The SMILES string of the molecule is O=C(O)CNc1ccccc1C(=O)OCc1ccccc1.[KH]. The van der Waals surface area contributed by atoms with Crippen LogP contribution in [0.2, 0.25) is 0 Å². The molecule has 0 fully saturated rings. The maximum atomic E-state index is 12.1. The van der Waals surface area contributed by atoms with Crippen molar-refractivity contribution in [1.82, 2.24) is 0 Å². The Bertz CT molecular complexity index is 631. The van der Waals surface area contributed by atoms with Crippen molar-refractivity contribution in [2.24, 2.45) is 0 Å². The molecule has 0 amide bonds. The van der Waals surface area contributed by atoms with Gasteiger partial charge in [0.2, 0.25) is 0 Å². The molecule has 0 aliphatic heterocycles. The fourth-order valence-electron chi connectivity index (χ4n) is 1.79. The van der Waals surface area contributed by atoms with Crippen LogP contribution >= 0.6 is 0 Å². The van der Waals surface area contributed by atoms with Crippen molar-refractivity contribution in [2.75, 3.05) is 11.9 Å². The summed E-state index contributed by atoms with van der Waals surface area (Å²) in [5.41, 5.74) is 1.65. The number of rotatable bonds is 6. The molecule has 2 N–H and O–H groups in total. The maximum absolute atomic E-state index is 12.1. The summed E-state index contributed by atoms with van der Waals surface area (Å²) in [6.45, 7) is -0.0874. The molecule has 2 rings (SSSR count). The number of carbonyl (C=O) groups is 2. The van der Waals surface area contributed by atoms with Crippen molar-refractivity contribution in [3.05, 3.63) is 65.7 Å². The molecular formula is C16H16KNO4. The third-order valence-corrected chi connectivity index (χ3v) is 2.79. The summed E-state index contributed by atoms with van der Waals surface area (Å²) in [6.07, 6.45) is 0. The number of para-hydroxylation sites is 1. The Morgan fingerprint density at radius 1 is 1.00 bits per heavy atom. The van der Waals surface area contributed by atoms with Gasteiger partial charge in [-0.2, -0.15) is 0 Å². The van der Waals surface area contributed by atoms with Gasteiger partial charge in [0.25, 0.3) is 0 Å². The van der Waals surface area contributed by atoms with Gasteiger partial charge in [-0.05, 0) is 17.7 Å². The Labute approximate surface area is 171 Å². The van der Waals surface area contributed by atoms with Gasteiger partial charge in [-0.15, -0.1) is 0 Å². The van der Waals surface area contributed by atoms with E-state index < -0.39 is 11.9 Å². The molecule has 0 unspecified atom stereocenters. The van der Waals surface area contributed by atoms with Crippen LogP contribution in [0.25, 0.3) is 0 Å². The number of carbonyl (C=O) groups excluding carboxylic acids is 1. The average Bonchev–Trinajstić information content (AvgIpc) is 2.52. The first-order chi connectivity index (χ1) is 10.2. The number of benzene rings is 2. The number of anilines is 1. The third kappa shape index (κ3) is 5.90.